The zero-order valence-electron chi connectivity index (χ0n) is 17.3. The number of aryl methyl sites for hydroxylation is 2. The second-order valence-electron chi connectivity index (χ2n) is 6.81. The molecule has 0 unspecified atom stereocenters. The van der Waals surface area contributed by atoms with E-state index in [1.165, 1.54) is 17.3 Å². The summed E-state index contributed by atoms with van der Waals surface area (Å²) in [6.45, 7) is 7.64. The molecule has 0 atom stereocenters. The Balaban J connectivity index is 1.56. The minimum atomic E-state index is -0.174. The molecule has 0 aromatic heterocycles. The van der Waals surface area contributed by atoms with Gasteiger partial charge in [0, 0.05) is 6.42 Å². The van der Waals surface area contributed by atoms with Crippen molar-refractivity contribution in [2.75, 3.05) is 19.8 Å². The molecule has 0 spiro atoms. The smallest absolute Gasteiger partial charge is 0.263 e. The highest BCUT2D eigenvalue weighted by atomic mass is 32.2. The predicted molar refractivity (Wildman–Crippen MR) is 125 cm³/mol. The lowest BCUT2D eigenvalue weighted by Gasteiger charge is -2.13. The molecule has 1 amide bonds. The molecule has 0 radical (unpaired) electrons. The summed E-state index contributed by atoms with van der Waals surface area (Å²) in [4.78, 5) is 12.4. The zero-order chi connectivity index (χ0) is 21.5. The quantitative estimate of drug-likeness (QED) is 0.333. The second kappa shape index (κ2) is 10.5. The number of ether oxygens (including phenoxy) is 3. The van der Waals surface area contributed by atoms with Crippen LogP contribution in [0, 0.1) is 13.8 Å². The van der Waals surface area contributed by atoms with Crippen LogP contribution in [0.2, 0.25) is 0 Å². The molecule has 0 aliphatic carbocycles. The molecule has 7 heteroatoms. The van der Waals surface area contributed by atoms with Gasteiger partial charge in [0.05, 0.1) is 24.7 Å². The van der Waals surface area contributed by atoms with Gasteiger partial charge in [0.1, 0.15) is 10.1 Å². The molecule has 0 bridgehead atoms. The Morgan fingerprint density at radius 3 is 2.40 bits per heavy atom. The number of nitrogens with one attached hydrogen (secondary N) is 1. The molecule has 30 heavy (non-hydrogen) atoms. The van der Waals surface area contributed by atoms with Crippen molar-refractivity contribution in [2.45, 2.75) is 27.2 Å². The van der Waals surface area contributed by atoms with Crippen LogP contribution in [-0.2, 0) is 4.79 Å². The molecule has 1 N–H and O–H groups in total. The van der Waals surface area contributed by atoms with Crippen molar-refractivity contribution < 1.29 is 19.0 Å². The van der Waals surface area contributed by atoms with Gasteiger partial charge in [0.25, 0.3) is 5.91 Å². The summed E-state index contributed by atoms with van der Waals surface area (Å²) in [5, 5.41) is 2.62. The van der Waals surface area contributed by atoms with E-state index in [4.69, 9.17) is 26.4 Å². The lowest BCUT2D eigenvalue weighted by molar-refractivity contribution is -0.115. The van der Waals surface area contributed by atoms with Gasteiger partial charge in [-0.15, -0.1) is 0 Å². The second-order valence-corrected chi connectivity index (χ2v) is 8.53. The number of benzene rings is 2. The third-order valence-corrected chi connectivity index (χ3v) is 5.50. The van der Waals surface area contributed by atoms with Gasteiger partial charge < -0.3 is 19.5 Å². The van der Waals surface area contributed by atoms with E-state index in [2.05, 4.69) is 18.3 Å². The van der Waals surface area contributed by atoms with Crippen LogP contribution in [0.1, 0.15) is 30.0 Å². The molecule has 158 valence electrons. The summed E-state index contributed by atoms with van der Waals surface area (Å²) in [7, 11) is 0. The molecule has 2 aromatic carbocycles. The van der Waals surface area contributed by atoms with Gasteiger partial charge in [-0.25, -0.2) is 0 Å². The van der Waals surface area contributed by atoms with E-state index >= 15 is 0 Å². The van der Waals surface area contributed by atoms with Crippen LogP contribution in [0.5, 0.6) is 17.2 Å². The highest BCUT2D eigenvalue weighted by molar-refractivity contribution is 8.26. The summed E-state index contributed by atoms with van der Waals surface area (Å²) < 4.78 is 18.0. The third-order valence-electron chi connectivity index (χ3n) is 4.34. The first-order chi connectivity index (χ1) is 14.5. The van der Waals surface area contributed by atoms with E-state index in [0.717, 1.165) is 23.3 Å². The van der Waals surface area contributed by atoms with E-state index in [1.54, 1.807) is 6.08 Å². The monoisotopic (exact) mass is 443 g/mol. The SMILES string of the molecule is CCOc1cc(/C=C2/SC(=S)NC2=O)ccc1OCCCOc1ccc(C)cc1C. The lowest BCUT2D eigenvalue weighted by atomic mass is 10.1. The predicted octanol–water partition coefficient (Wildman–Crippen LogP) is 5.04. The van der Waals surface area contributed by atoms with Crippen LogP contribution in [0.15, 0.2) is 41.3 Å². The minimum absolute atomic E-state index is 0.174. The van der Waals surface area contributed by atoms with Gasteiger partial charge in [0.2, 0.25) is 0 Å². The molecule has 2 aromatic rings. The largest absolute Gasteiger partial charge is 0.493 e. The first-order valence-electron chi connectivity index (χ1n) is 9.81. The van der Waals surface area contributed by atoms with E-state index in [1.807, 2.05) is 44.2 Å². The maximum absolute atomic E-state index is 11.9. The fraction of sp³-hybridized carbons (Fsp3) is 0.304. The number of hydrogen-bond donors (Lipinski definition) is 1. The first-order valence-corrected chi connectivity index (χ1v) is 11.0. The van der Waals surface area contributed by atoms with Crippen molar-refractivity contribution in [3.63, 3.8) is 0 Å². The lowest BCUT2D eigenvalue weighted by Crippen LogP contribution is -2.17. The van der Waals surface area contributed by atoms with Crippen molar-refractivity contribution in [1.82, 2.24) is 5.32 Å². The Morgan fingerprint density at radius 1 is 1.00 bits per heavy atom. The maximum atomic E-state index is 11.9. The fourth-order valence-electron chi connectivity index (χ4n) is 2.96. The maximum Gasteiger partial charge on any atom is 0.263 e. The molecule has 1 heterocycles. The average Bonchev–Trinajstić information content (AvgIpc) is 3.01. The number of carbonyl (C=O) groups excluding carboxylic acids is 1. The Bertz CT molecular complexity index is 972. The number of rotatable bonds is 9. The Labute approximate surface area is 186 Å². The molecule has 5 nitrogen and oxygen atoms in total. The molecule has 1 aliphatic rings. The average molecular weight is 444 g/mol. The van der Waals surface area contributed by atoms with E-state index in [-0.39, 0.29) is 5.91 Å². The molecule has 1 aliphatic heterocycles. The zero-order valence-corrected chi connectivity index (χ0v) is 19.0. The summed E-state index contributed by atoms with van der Waals surface area (Å²) >= 11 is 6.28. The molecular formula is C23H25NO4S2. The van der Waals surface area contributed by atoms with Crippen molar-refractivity contribution >= 4 is 40.3 Å². The molecule has 0 saturated carbocycles. The number of carbonyl (C=O) groups is 1. The van der Waals surface area contributed by atoms with Gasteiger partial charge in [-0.2, -0.15) is 0 Å². The van der Waals surface area contributed by atoms with E-state index in [0.29, 0.717) is 40.5 Å². The van der Waals surface area contributed by atoms with Gasteiger partial charge >= 0.3 is 0 Å². The van der Waals surface area contributed by atoms with E-state index in [9.17, 15) is 4.79 Å². The van der Waals surface area contributed by atoms with Crippen molar-refractivity contribution in [2.24, 2.45) is 0 Å². The van der Waals surface area contributed by atoms with Crippen molar-refractivity contribution in [1.29, 1.82) is 0 Å². The molecule has 3 rings (SSSR count). The topological polar surface area (TPSA) is 56.8 Å². The standard InChI is InChI=1S/C23H25NO4S2/c1-4-26-20-13-17(14-21-22(25)24-23(29)30-21)7-9-19(20)28-11-5-10-27-18-8-6-15(2)12-16(18)3/h6-9,12-14H,4-5,10-11H2,1-3H3,(H,24,25,29)/b21-14+. The van der Waals surface area contributed by atoms with Crippen LogP contribution in [0.3, 0.4) is 0 Å². The van der Waals surface area contributed by atoms with Crippen molar-refractivity contribution in [3.8, 4) is 17.2 Å². The van der Waals surface area contributed by atoms with Gasteiger partial charge in [-0.1, -0.05) is 47.7 Å². The minimum Gasteiger partial charge on any atom is -0.493 e. The summed E-state index contributed by atoms with van der Waals surface area (Å²) in [5.74, 6) is 2.05. The van der Waals surface area contributed by atoms with E-state index < -0.39 is 0 Å². The number of amides is 1. The third kappa shape index (κ3) is 6.00. The van der Waals surface area contributed by atoms with Gasteiger partial charge in [0.15, 0.2) is 11.5 Å². The van der Waals surface area contributed by atoms with Crippen LogP contribution in [0.25, 0.3) is 6.08 Å². The highest BCUT2D eigenvalue weighted by Crippen LogP contribution is 2.32. The fourth-order valence-corrected chi connectivity index (χ4v) is 4.00. The Kier molecular flexibility index (Phi) is 7.76. The molecular weight excluding hydrogens is 418 g/mol. The van der Waals surface area contributed by atoms with Crippen molar-refractivity contribution in [3.05, 3.63) is 58.0 Å². The van der Waals surface area contributed by atoms with Crippen LogP contribution in [-0.4, -0.2) is 30.0 Å². The summed E-state index contributed by atoms with van der Waals surface area (Å²) in [5.41, 5.74) is 3.21. The highest BCUT2D eigenvalue weighted by Gasteiger charge is 2.22. The van der Waals surface area contributed by atoms with Crippen LogP contribution in [0.4, 0.5) is 0 Å². The Hall–Kier alpha value is -2.51. The summed E-state index contributed by atoms with van der Waals surface area (Å²) in [6.07, 6.45) is 2.54. The number of thiocarbonyl (C=S) groups is 1. The first kappa shape index (κ1) is 22.2. The normalized spacial score (nSPS) is 14.7. The van der Waals surface area contributed by atoms with Crippen LogP contribution < -0.4 is 19.5 Å². The number of thioether (sulfide) groups is 1. The molecule has 1 saturated heterocycles. The van der Waals surface area contributed by atoms with Crippen LogP contribution >= 0.6 is 24.0 Å². The Morgan fingerprint density at radius 2 is 1.73 bits per heavy atom. The van der Waals surface area contributed by atoms with Gasteiger partial charge in [-0.3, -0.25) is 4.79 Å². The van der Waals surface area contributed by atoms with Gasteiger partial charge in [-0.05, 0) is 56.2 Å². The number of hydrogen-bond acceptors (Lipinski definition) is 6. The summed E-state index contributed by atoms with van der Waals surface area (Å²) in [6, 6.07) is 11.8. The molecule has 1 fully saturated rings.